The second-order valence-electron chi connectivity index (χ2n) is 6.86. The topological polar surface area (TPSA) is 67.6 Å². The predicted molar refractivity (Wildman–Crippen MR) is 99.9 cm³/mol. The maximum absolute atomic E-state index is 12.8. The molecule has 25 heavy (non-hydrogen) atoms. The van der Waals surface area contributed by atoms with Crippen molar-refractivity contribution in [3.05, 3.63) is 22.7 Å². The summed E-state index contributed by atoms with van der Waals surface area (Å²) in [5.41, 5.74) is 6.63. The molecule has 2 atom stereocenters. The maximum atomic E-state index is 12.8. The average molecular weight is 362 g/mol. The van der Waals surface area contributed by atoms with Crippen molar-refractivity contribution in [2.24, 2.45) is 0 Å². The number of amides is 1. The lowest BCUT2D eigenvalue weighted by Crippen LogP contribution is -2.48. The molecule has 5 nitrogen and oxygen atoms in total. The first-order chi connectivity index (χ1) is 12.0. The summed E-state index contributed by atoms with van der Waals surface area (Å²) < 4.78 is 5.65. The number of terminal acetylenes is 1. The van der Waals surface area contributed by atoms with Crippen molar-refractivity contribution < 1.29 is 9.53 Å². The zero-order valence-corrected chi connectivity index (χ0v) is 15.2. The second kappa shape index (κ2) is 7.55. The first-order valence-electron chi connectivity index (χ1n) is 8.67. The predicted octanol–water partition coefficient (Wildman–Crippen LogP) is 2.68. The standard InChI is InChI=1S/C19H24ClN3O2/c1-3-4-7-25-18-11-17(21)16(20)10-15(18)19(24)22-12-8-13-5-6-14(9-12)23(13)2/h1,10-14H,4-9,21H2,2H3,(H,22,24). The van der Waals surface area contributed by atoms with Gasteiger partial charge >= 0.3 is 0 Å². The molecule has 2 aliphatic rings. The van der Waals surface area contributed by atoms with Crippen molar-refractivity contribution in [1.29, 1.82) is 0 Å². The Morgan fingerprint density at radius 3 is 2.76 bits per heavy atom. The summed E-state index contributed by atoms with van der Waals surface area (Å²) in [6.07, 6.45) is 10.1. The number of nitrogens with zero attached hydrogens (tertiary/aromatic N) is 1. The molecule has 2 bridgehead atoms. The van der Waals surface area contributed by atoms with E-state index in [9.17, 15) is 4.79 Å². The number of benzene rings is 1. The number of hydrogen-bond acceptors (Lipinski definition) is 4. The largest absolute Gasteiger partial charge is 0.492 e. The number of nitrogen functional groups attached to an aromatic ring is 1. The highest BCUT2D eigenvalue weighted by molar-refractivity contribution is 6.33. The molecule has 6 heteroatoms. The van der Waals surface area contributed by atoms with Crippen LogP contribution in [0.2, 0.25) is 5.02 Å². The van der Waals surface area contributed by atoms with Crippen molar-refractivity contribution in [1.82, 2.24) is 10.2 Å². The lowest BCUT2D eigenvalue weighted by molar-refractivity contribution is 0.0879. The van der Waals surface area contributed by atoms with Gasteiger partial charge in [0, 0.05) is 30.6 Å². The van der Waals surface area contributed by atoms with Gasteiger partial charge in [0.25, 0.3) is 5.91 Å². The molecule has 3 rings (SSSR count). The van der Waals surface area contributed by atoms with Crippen LogP contribution in [-0.4, -0.2) is 42.6 Å². The molecule has 0 spiro atoms. The van der Waals surface area contributed by atoms with Gasteiger partial charge in [0.15, 0.2) is 0 Å². The Morgan fingerprint density at radius 2 is 2.12 bits per heavy atom. The molecule has 2 saturated heterocycles. The van der Waals surface area contributed by atoms with Gasteiger partial charge in [-0.2, -0.15) is 0 Å². The van der Waals surface area contributed by atoms with Gasteiger partial charge in [0.05, 0.1) is 22.9 Å². The van der Waals surface area contributed by atoms with E-state index < -0.39 is 0 Å². The van der Waals surface area contributed by atoms with Gasteiger partial charge in [0.1, 0.15) is 5.75 Å². The van der Waals surface area contributed by atoms with Crippen molar-refractivity contribution in [3.63, 3.8) is 0 Å². The van der Waals surface area contributed by atoms with Crippen LogP contribution in [0.5, 0.6) is 5.75 Å². The van der Waals surface area contributed by atoms with E-state index >= 15 is 0 Å². The van der Waals surface area contributed by atoms with Gasteiger partial charge in [-0.1, -0.05) is 11.6 Å². The molecule has 2 fully saturated rings. The van der Waals surface area contributed by atoms with Gasteiger partial charge in [-0.05, 0) is 38.8 Å². The molecule has 0 aromatic heterocycles. The Kier molecular flexibility index (Phi) is 5.41. The van der Waals surface area contributed by atoms with Crippen LogP contribution >= 0.6 is 11.6 Å². The zero-order chi connectivity index (χ0) is 18.0. The number of piperidine rings is 1. The van der Waals surface area contributed by atoms with Crippen LogP contribution in [0.25, 0.3) is 0 Å². The Bertz CT molecular complexity index is 687. The van der Waals surface area contributed by atoms with Crippen LogP contribution in [0.3, 0.4) is 0 Å². The third-order valence-electron chi connectivity index (χ3n) is 5.28. The van der Waals surface area contributed by atoms with E-state index in [0.717, 1.165) is 12.8 Å². The Labute approximate surface area is 153 Å². The van der Waals surface area contributed by atoms with Gasteiger partial charge in [-0.25, -0.2) is 0 Å². The second-order valence-corrected chi connectivity index (χ2v) is 7.27. The molecule has 3 N–H and O–H groups in total. The molecule has 2 aliphatic heterocycles. The fourth-order valence-corrected chi connectivity index (χ4v) is 4.04. The molecule has 1 aromatic rings. The fraction of sp³-hybridized carbons (Fsp3) is 0.526. The summed E-state index contributed by atoms with van der Waals surface area (Å²) >= 11 is 6.11. The molecule has 0 saturated carbocycles. The van der Waals surface area contributed by atoms with E-state index in [1.165, 1.54) is 12.8 Å². The number of carbonyl (C=O) groups excluding carboxylic acids is 1. The minimum absolute atomic E-state index is 0.174. The molecule has 2 unspecified atom stereocenters. The highest BCUT2D eigenvalue weighted by Crippen LogP contribution is 2.35. The highest BCUT2D eigenvalue weighted by Gasteiger charge is 2.39. The van der Waals surface area contributed by atoms with Crippen LogP contribution < -0.4 is 15.8 Å². The summed E-state index contributed by atoms with van der Waals surface area (Å²) in [6, 6.07) is 4.46. The summed E-state index contributed by atoms with van der Waals surface area (Å²) in [5.74, 6) is 2.76. The Hall–Kier alpha value is -1.90. The fourth-order valence-electron chi connectivity index (χ4n) is 3.88. The number of hydrogen-bond donors (Lipinski definition) is 2. The Morgan fingerprint density at radius 1 is 1.44 bits per heavy atom. The lowest BCUT2D eigenvalue weighted by Gasteiger charge is -2.36. The van der Waals surface area contributed by atoms with E-state index in [1.54, 1.807) is 12.1 Å². The normalized spacial score (nSPS) is 25.4. The number of carbonyl (C=O) groups is 1. The van der Waals surface area contributed by atoms with Crippen LogP contribution in [0.1, 0.15) is 42.5 Å². The number of anilines is 1. The monoisotopic (exact) mass is 361 g/mol. The minimum Gasteiger partial charge on any atom is -0.492 e. The van der Waals surface area contributed by atoms with E-state index in [2.05, 4.69) is 23.2 Å². The molecule has 1 aromatic carbocycles. The van der Waals surface area contributed by atoms with Crippen molar-refractivity contribution in [3.8, 4) is 18.1 Å². The lowest BCUT2D eigenvalue weighted by atomic mass is 9.97. The number of nitrogens with two attached hydrogens (primary N) is 1. The van der Waals surface area contributed by atoms with E-state index in [1.807, 2.05) is 0 Å². The summed E-state index contributed by atoms with van der Waals surface area (Å²) in [7, 11) is 2.18. The van der Waals surface area contributed by atoms with Crippen LogP contribution in [0.4, 0.5) is 5.69 Å². The molecule has 0 aliphatic carbocycles. The van der Waals surface area contributed by atoms with Gasteiger partial charge in [-0.3, -0.25) is 4.79 Å². The number of ether oxygens (including phenoxy) is 1. The molecule has 0 radical (unpaired) electrons. The summed E-state index contributed by atoms with van der Waals surface area (Å²) in [5, 5.41) is 3.49. The molecule has 134 valence electrons. The summed E-state index contributed by atoms with van der Waals surface area (Å²) in [4.78, 5) is 15.2. The van der Waals surface area contributed by atoms with E-state index in [4.69, 9.17) is 28.5 Å². The molecular weight excluding hydrogens is 338 g/mol. The van der Waals surface area contributed by atoms with Gasteiger partial charge in [-0.15, -0.1) is 12.3 Å². The van der Waals surface area contributed by atoms with Crippen LogP contribution in [0.15, 0.2) is 12.1 Å². The van der Waals surface area contributed by atoms with E-state index in [0.29, 0.717) is 47.1 Å². The van der Waals surface area contributed by atoms with Gasteiger partial charge < -0.3 is 20.7 Å². The van der Waals surface area contributed by atoms with Crippen LogP contribution in [-0.2, 0) is 0 Å². The maximum Gasteiger partial charge on any atom is 0.255 e. The highest BCUT2D eigenvalue weighted by atomic mass is 35.5. The third-order valence-corrected chi connectivity index (χ3v) is 5.61. The first kappa shape index (κ1) is 17.9. The van der Waals surface area contributed by atoms with Crippen LogP contribution in [0, 0.1) is 12.3 Å². The molecule has 2 heterocycles. The van der Waals surface area contributed by atoms with Gasteiger partial charge in [0.2, 0.25) is 0 Å². The number of fused-ring (bicyclic) bond motifs is 2. The van der Waals surface area contributed by atoms with Crippen molar-refractivity contribution in [2.45, 2.75) is 50.2 Å². The third kappa shape index (κ3) is 3.86. The number of nitrogens with one attached hydrogen (secondary N) is 1. The number of halogens is 1. The van der Waals surface area contributed by atoms with Crippen molar-refractivity contribution in [2.75, 3.05) is 19.4 Å². The molecular formula is C19H24ClN3O2. The SMILES string of the molecule is C#CCCOc1cc(N)c(Cl)cc1C(=O)NC1CC2CCC(C1)N2C. The average Bonchev–Trinajstić information content (AvgIpc) is 2.80. The van der Waals surface area contributed by atoms with E-state index in [-0.39, 0.29) is 11.9 Å². The minimum atomic E-state index is -0.174. The molecule has 1 amide bonds. The smallest absolute Gasteiger partial charge is 0.255 e. The quantitative estimate of drug-likeness (QED) is 0.480. The summed E-state index contributed by atoms with van der Waals surface area (Å²) in [6.45, 7) is 0.330. The Balaban J connectivity index is 1.73. The first-order valence-corrected chi connectivity index (χ1v) is 9.05. The zero-order valence-electron chi connectivity index (χ0n) is 14.4. The van der Waals surface area contributed by atoms with Crippen molar-refractivity contribution >= 4 is 23.2 Å². The number of rotatable bonds is 5.